The highest BCUT2D eigenvalue weighted by atomic mass is 19.4. The molecule has 3 heterocycles. The van der Waals surface area contributed by atoms with Crippen molar-refractivity contribution >= 4 is 23.2 Å². The molecule has 0 aliphatic heterocycles. The fourth-order valence-electron chi connectivity index (χ4n) is 3.56. The molecule has 11 heteroatoms. The minimum absolute atomic E-state index is 0.0611. The van der Waals surface area contributed by atoms with E-state index in [1.54, 1.807) is 19.1 Å². The van der Waals surface area contributed by atoms with Crippen LogP contribution >= 0.6 is 0 Å². The van der Waals surface area contributed by atoms with E-state index in [1.165, 1.54) is 42.5 Å². The largest absolute Gasteiger partial charge is 0.416 e. The number of aryl methyl sites for hydroxylation is 1. The summed E-state index contributed by atoms with van der Waals surface area (Å²) in [5.74, 6) is -1.31. The summed E-state index contributed by atoms with van der Waals surface area (Å²) in [6, 6.07) is 4.27. The number of carbonyl (C=O) groups is 1. The molecule has 0 fully saturated rings. The van der Waals surface area contributed by atoms with Gasteiger partial charge in [0.1, 0.15) is 0 Å². The number of nitrogens with one attached hydrogen (secondary N) is 2. The van der Waals surface area contributed by atoms with Crippen LogP contribution < -0.4 is 10.6 Å². The van der Waals surface area contributed by atoms with Gasteiger partial charge in [-0.05, 0) is 67.9 Å². The Kier molecular flexibility index (Phi) is 5.31. The Labute approximate surface area is 228 Å². The average molecular weight is 535 g/mol. The molecular formula is C28H22F3N7O. The maximum absolute atomic E-state index is 13.7. The highest BCUT2D eigenvalue weighted by Crippen LogP contribution is 2.33. The van der Waals surface area contributed by atoms with Gasteiger partial charge < -0.3 is 15.2 Å². The molecule has 0 saturated heterocycles. The third-order valence-corrected chi connectivity index (χ3v) is 5.47. The smallest absolute Gasteiger partial charge is 0.324 e. The highest BCUT2D eigenvalue weighted by molar-refractivity contribution is 6.05. The molecule has 2 N–H and O–H groups in total. The summed E-state index contributed by atoms with van der Waals surface area (Å²) >= 11 is 0. The van der Waals surface area contributed by atoms with E-state index in [4.69, 9.17) is 6.85 Å². The van der Waals surface area contributed by atoms with Gasteiger partial charge in [-0.2, -0.15) is 13.2 Å². The lowest BCUT2D eigenvalue weighted by Gasteiger charge is -2.14. The van der Waals surface area contributed by atoms with E-state index in [9.17, 15) is 18.0 Å². The van der Waals surface area contributed by atoms with Crippen LogP contribution in [-0.2, 0) is 6.18 Å². The number of anilines is 3. The molecule has 196 valence electrons. The average Bonchev–Trinajstić information content (AvgIpc) is 3.42. The van der Waals surface area contributed by atoms with Crippen LogP contribution in [0.1, 0.15) is 34.0 Å². The van der Waals surface area contributed by atoms with Crippen LogP contribution in [0.5, 0.6) is 0 Å². The normalized spacial score (nSPS) is 13.1. The number of carbonyl (C=O) groups excluding carboxylic acids is 1. The number of rotatable bonds is 6. The summed E-state index contributed by atoms with van der Waals surface area (Å²) in [4.78, 5) is 29.6. The van der Waals surface area contributed by atoms with Crippen LogP contribution in [0.2, 0.25) is 0 Å². The van der Waals surface area contributed by atoms with E-state index in [-0.39, 0.29) is 40.3 Å². The van der Waals surface area contributed by atoms with Crippen LogP contribution in [0, 0.1) is 13.8 Å². The van der Waals surface area contributed by atoms with E-state index in [2.05, 4.69) is 30.6 Å². The molecule has 0 atom stereocenters. The van der Waals surface area contributed by atoms with Crippen molar-refractivity contribution in [3.05, 3.63) is 108 Å². The number of alkyl halides is 3. The molecule has 1 amide bonds. The van der Waals surface area contributed by atoms with Gasteiger partial charge in [0.05, 0.1) is 30.1 Å². The first-order valence-corrected chi connectivity index (χ1v) is 11.4. The van der Waals surface area contributed by atoms with Gasteiger partial charge in [-0.1, -0.05) is 6.04 Å². The van der Waals surface area contributed by atoms with Crippen molar-refractivity contribution in [3.63, 3.8) is 0 Å². The van der Waals surface area contributed by atoms with Crippen molar-refractivity contribution in [2.45, 2.75) is 20.0 Å². The summed E-state index contributed by atoms with van der Waals surface area (Å²) in [5.41, 5.74) is -0.840. The van der Waals surface area contributed by atoms with Gasteiger partial charge in [-0.3, -0.25) is 9.78 Å². The minimum Gasteiger partial charge on any atom is -0.324 e. The molecule has 0 unspecified atom stereocenters. The quantitative estimate of drug-likeness (QED) is 0.263. The Morgan fingerprint density at radius 3 is 2.67 bits per heavy atom. The van der Waals surface area contributed by atoms with Gasteiger partial charge in [0.25, 0.3) is 5.91 Å². The Morgan fingerprint density at radius 2 is 1.95 bits per heavy atom. The molecule has 0 aliphatic carbocycles. The molecule has 5 rings (SSSR count). The summed E-state index contributed by atoms with van der Waals surface area (Å²) in [5, 5.41) is 5.07. The fraction of sp³-hybridized carbons (Fsp3) is 0.107. The Bertz CT molecular complexity index is 1920. The van der Waals surface area contributed by atoms with Gasteiger partial charge in [0.15, 0.2) is 0 Å². The predicted molar refractivity (Wildman–Crippen MR) is 141 cm³/mol. The summed E-state index contributed by atoms with van der Waals surface area (Å²) in [6.45, 7) is 3.09. The van der Waals surface area contributed by atoms with Gasteiger partial charge in [0.2, 0.25) is 5.95 Å². The second kappa shape index (κ2) is 10.4. The van der Waals surface area contributed by atoms with Crippen LogP contribution in [0.15, 0.2) is 85.6 Å². The maximum atomic E-state index is 13.7. The molecule has 39 heavy (non-hydrogen) atoms. The summed E-state index contributed by atoms with van der Waals surface area (Å²) in [6.07, 6.45) is 0.599. The van der Waals surface area contributed by atoms with Crippen molar-refractivity contribution < 1.29 is 24.8 Å². The highest BCUT2D eigenvalue weighted by Gasteiger charge is 2.31. The van der Waals surface area contributed by atoms with Crippen molar-refractivity contribution in [2.24, 2.45) is 0 Å². The number of nitrogens with zero attached hydrogens (tertiary/aromatic N) is 5. The topological polar surface area (TPSA) is 97.6 Å². The molecule has 5 aromatic rings. The van der Waals surface area contributed by atoms with E-state index in [0.29, 0.717) is 11.3 Å². The number of hydrogen-bond acceptors (Lipinski definition) is 6. The number of imidazole rings is 1. The second-order valence-corrected chi connectivity index (χ2v) is 8.39. The molecule has 0 bridgehead atoms. The third-order valence-electron chi connectivity index (χ3n) is 5.47. The molecule has 0 saturated carbocycles. The third kappa shape index (κ3) is 5.93. The van der Waals surface area contributed by atoms with Crippen LogP contribution in [0.25, 0.3) is 16.9 Å². The van der Waals surface area contributed by atoms with Crippen LogP contribution in [0.3, 0.4) is 0 Å². The first-order chi connectivity index (χ1) is 20.7. The Balaban J connectivity index is 1.55. The first kappa shape index (κ1) is 20.0. The van der Waals surface area contributed by atoms with Gasteiger partial charge in [-0.15, -0.1) is 0 Å². The van der Waals surface area contributed by atoms with Crippen molar-refractivity contribution in [1.82, 2.24) is 24.5 Å². The number of halogens is 3. The Morgan fingerprint density at radius 1 is 1.10 bits per heavy atom. The number of amides is 1. The molecule has 0 spiro atoms. The monoisotopic (exact) mass is 534 g/mol. The second-order valence-electron chi connectivity index (χ2n) is 8.39. The van der Waals surface area contributed by atoms with Gasteiger partial charge >= 0.3 is 6.18 Å². The lowest BCUT2D eigenvalue weighted by Crippen LogP contribution is -2.14. The Hall–Kier alpha value is -5.06. The van der Waals surface area contributed by atoms with Crippen molar-refractivity contribution in [1.29, 1.82) is 0 Å². The molecule has 8 nitrogen and oxygen atoms in total. The maximum Gasteiger partial charge on any atom is 0.416 e. The van der Waals surface area contributed by atoms with E-state index in [1.807, 2.05) is 0 Å². The van der Waals surface area contributed by atoms with E-state index < -0.39 is 47.5 Å². The SMILES string of the molecule is [2H]c1nc(Nc2c([2H])c(C(=O)Nc3cc(-n4cnc(C)c4)cc(C(F)(F)F)c3)c([2H])c([2H])c2C)nc(-c2cccnc2)c1[2H]. The number of hydrogen-bond donors (Lipinski definition) is 2. The lowest BCUT2D eigenvalue weighted by molar-refractivity contribution is -0.137. The minimum atomic E-state index is -4.75. The van der Waals surface area contributed by atoms with Crippen LogP contribution in [0.4, 0.5) is 30.5 Å². The van der Waals surface area contributed by atoms with Gasteiger partial charge in [-0.25, -0.2) is 15.0 Å². The van der Waals surface area contributed by atoms with Gasteiger partial charge in [0, 0.05) is 53.0 Å². The molecule has 3 aromatic heterocycles. The van der Waals surface area contributed by atoms with E-state index in [0.717, 1.165) is 12.1 Å². The number of pyridine rings is 1. The number of benzene rings is 2. The zero-order chi connectivity index (χ0) is 31.9. The van der Waals surface area contributed by atoms with Crippen molar-refractivity contribution in [3.8, 4) is 16.9 Å². The van der Waals surface area contributed by atoms with Crippen molar-refractivity contribution in [2.75, 3.05) is 10.6 Å². The molecule has 0 radical (unpaired) electrons. The summed E-state index contributed by atoms with van der Waals surface area (Å²) in [7, 11) is 0. The standard InChI is InChI=1S/C28H22F3N7O/c1-17-5-6-19(10-25(17)37-27-33-9-7-24(36-27)20-4-3-8-32-14-20)26(39)35-22-11-21(28(29,30)31)12-23(13-22)38-15-18(2)34-16-38/h3-16H,1-2H3,(H,35,39)(H,33,36,37)/i5D,6D,7D,9D,10D. The summed E-state index contributed by atoms with van der Waals surface area (Å²) < 4.78 is 84.4. The zero-order valence-corrected chi connectivity index (χ0v) is 20.5. The molecule has 0 aliphatic rings. The zero-order valence-electron chi connectivity index (χ0n) is 25.5. The predicted octanol–water partition coefficient (Wildman–Crippen LogP) is 6.36. The number of aromatic nitrogens is 5. The molecule has 2 aromatic carbocycles. The fourth-order valence-corrected chi connectivity index (χ4v) is 3.56. The van der Waals surface area contributed by atoms with Crippen LogP contribution in [-0.4, -0.2) is 30.4 Å². The molecular weight excluding hydrogens is 507 g/mol. The lowest BCUT2D eigenvalue weighted by atomic mass is 10.1. The first-order valence-electron chi connectivity index (χ1n) is 13.9. The van der Waals surface area contributed by atoms with E-state index >= 15 is 0 Å².